The second kappa shape index (κ2) is 5.63. The van der Waals surface area contributed by atoms with Crippen LogP contribution in [0.5, 0.6) is 0 Å². The molecule has 4 N–H and O–H groups in total. The van der Waals surface area contributed by atoms with Crippen LogP contribution in [0.2, 0.25) is 0 Å². The van der Waals surface area contributed by atoms with Gasteiger partial charge in [-0.2, -0.15) is 0 Å². The van der Waals surface area contributed by atoms with E-state index in [1.165, 1.54) is 12.8 Å². The number of rotatable bonds is 6. The van der Waals surface area contributed by atoms with Crippen LogP contribution in [0.25, 0.3) is 0 Å². The molecule has 0 aromatic carbocycles. The number of nitrogens with one attached hydrogen (secondary N) is 4. The Morgan fingerprint density at radius 2 is 2.11 bits per heavy atom. The standard InChI is InChI=1S/C11H16N4O3/c16-9(8-6-14-11(18)15-10(8)17)13-5-1-4-12-7-2-3-7/h6-7,12H,1-5H2,(H,13,16)(H2,14,15,17,18). The van der Waals surface area contributed by atoms with Crippen LogP contribution in [0.1, 0.15) is 29.6 Å². The molecule has 1 aliphatic rings. The fourth-order valence-corrected chi connectivity index (χ4v) is 1.56. The van der Waals surface area contributed by atoms with E-state index in [9.17, 15) is 14.4 Å². The minimum absolute atomic E-state index is 0.0789. The summed E-state index contributed by atoms with van der Waals surface area (Å²) in [6.07, 6.45) is 4.40. The number of aromatic amines is 2. The number of carbonyl (C=O) groups excluding carboxylic acids is 1. The lowest BCUT2D eigenvalue weighted by molar-refractivity contribution is 0.0951. The van der Waals surface area contributed by atoms with E-state index < -0.39 is 17.2 Å². The molecular formula is C11H16N4O3. The number of carbonyl (C=O) groups is 1. The van der Waals surface area contributed by atoms with Gasteiger partial charge in [0.2, 0.25) is 0 Å². The molecule has 1 aliphatic carbocycles. The SMILES string of the molecule is O=C(NCCCNC1CC1)c1c[nH]c(=O)[nH]c1=O. The summed E-state index contributed by atoms with van der Waals surface area (Å²) in [7, 11) is 0. The first-order valence-corrected chi connectivity index (χ1v) is 6.00. The van der Waals surface area contributed by atoms with Crippen molar-refractivity contribution in [2.45, 2.75) is 25.3 Å². The third-order valence-electron chi connectivity index (χ3n) is 2.71. The zero-order chi connectivity index (χ0) is 13.0. The maximum absolute atomic E-state index is 11.6. The molecule has 0 radical (unpaired) electrons. The molecule has 1 aromatic heterocycles. The lowest BCUT2D eigenvalue weighted by atomic mass is 10.3. The van der Waals surface area contributed by atoms with Crippen molar-refractivity contribution in [1.82, 2.24) is 20.6 Å². The second-order valence-corrected chi connectivity index (χ2v) is 4.32. The summed E-state index contributed by atoms with van der Waals surface area (Å²) in [6.45, 7) is 1.35. The third-order valence-corrected chi connectivity index (χ3v) is 2.71. The third kappa shape index (κ3) is 3.56. The lowest BCUT2D eigenvalue weighted by Crippen LogP contribution is -2.34. The van der Waals surface area contributed by atoms with Crippen LogP contribution in [0.4, 0.5) is 0 Å². The Bertz CT molecular complexity index is 530. The summed E-state index contributed by atoms with van der Waals surface area (Å²) in [4.78, 5) is 38.0. The molecular weight excluding hydrogens is 236 g/mol. The van der Waals surface area contributed by atoms with Crippen molar-refractivity contribution < 1.29 is 4.79 Å². The van der Waals surface area contributed by atoms with E-state index in [0.29, 0.717) is 12.6 Å². The maximum Gasteiger partial charge on any atom is 0.325 e. The Labute approximate surface area is 103 Å². The van der Waals surface area contributed by atoms with E-state index in [1.807, 2.05) is 4.98 Å². The van der Waals surface area contributed by atoms with Crippen LogP contribution in [-0.2, 0) is 0 Å². The molecule has 7 heteroatoms. The highest BCUT2D eigenvalue weighted by atomic mass is 16.2. The Morgan fingerprint density at radius 1 is 1.33 bits per heavy atom. The fourth-order valence-electron chi connectivity index (χ4n) is 1.56. The molecule has 1 saturated carbocycles. The Balaban J connectivity index is 1.76. The van der Waals surface area contributed by atoms with E-state index in [1.54, 1.807) is 0 Å². The molecule has 0 bridgehead atoms. The zero-order valence-corrected chi connectivity index (χ0v) is 9.91. The van der Waals surface area contributed by atoms with Gasteiger partial charge in [0, 0.05) is 18.8 Å². The minimum atomic E-state index is -0.674. The van der Waals surface area contributed by atoms with E-state index in [-0.39, 0.29) is 5.56 Å². The first-order chi connectivity index (χ1) is 8.66. The highest BCUT2D eigenvalue weighted by molar-refractivity contribution is 5.93. The average Bonchev–Trinajstić information content (AvgIpc) is 3.12. The molecule has 7 nitrogen and oxygen atoms in total. The Kier molecular flexibility index (Phi) is 3.93. The minimum Gasteiger partial charge on any atom is -0.352 e. The molecule has 18 heavy (non-hydrogen) atoms. The maximum atomic E-state index is 11.6. The Hall–Kier alpha value is -1.89. The van der Waals surface area contributed by atoms with Crippen molar-refractivity contribution in [2.75, 3.05) is 13.1 Å². The van der Waals surface area contributed by atoms with Crippen molar-refractivity contribution in [3.63, 3.8) is 0 Å². The summed E-state index contributed by atoms with van der Waals surface area (Å²) < 4.78 is 0. The van der Waals surface area contributed by atoms with Gasteiger partial charge in [0.15, 0.2) is 0 Å². The first-order valence-electron chi connectivity index (χ1n) is 6.00. The smallest absolute Gasteiger partial charge is 0.325 e. The molecule has 0 saturated heterocycles. The van der Waals surface area contributed by atoms with E-state index in [0.717, 1.165) is 19.2 Å². The normalized spacial score (nSPS) is 14.4. The van der Waals surface area contributed by atoms with Crippen molar-refractivity contribution in [1.29, 1.82) is 0 Å². The van der Waals surface area contributed by atoms with Gasteiger partial charge in [0.25, 0.3) is 11.5 Å². The van der Waals surface area contributed by atoms with Crippen molar-refractivity contribution >= 4 is 5.91 Å². The summed E-state index contributed by atoms with van der Waals surface area (Å²) in [6, 6.07) is 0.655. The van der Waals surface area contributed by atoms with Crippen LogP contribution in [0.3, 0.4) is 0 Å². The van der Waals surface area contributed by atoms with Crippen molar-refractivity contribution in [3.05, 3.63) is 32.6 Å². The summed E-state index contributed by atoms with van der Waals surface area (Å²) >= 11 is 0. The van der Waals surface area contributed by atoms with Gasteiger partial charge in [0.05, 0.1) is 0 Å². The van der Waals surface area contributed by atoms with Crippen LogP contribution < -0.4 is 21.9 Å². The number of aromatic nitrogens is 2. The van der Waals surface area contributed by atoms with Gasteiger partial charge in [-0.1, -0.05) is 0 Å². The summed E-state index contributed by atoms with van der Waals surface area (Å²) in [5, 5.41) is 5.95. The second-order valence-electron chi connectivity index (χ2n) is 4.32. The summed E-state index contributed by atoms with van der Waals surface area (Å²) in [5.41, 5.74) is -1.37. The number of H-pyrrole nitrogens is 2. The molecule has 0 atom stereocenters. The van der Waals surface area contributed by atoms with Gasteiger partial charge in [-0.15, -0.1) is 0 Å². The molecule has 1 aromatic rings. The highest BCUT2D eigenvalue weighted by Gasteiger charge is 2.19. The van der Waals surface area contributed by atoms with Gasteiger partial charge in [0.1, 0.15) is 5.56 Å². The van der Waals surface area contributed by atoms with Crippen LogP contribution >= 0.6 is 0 Å². The molecule has 2 rings (SSSR count). The van der Waals surface area contributed by atoms with Gasteiger partial charge in [-0.05, 0) is 25.8 Å². The van der Waals surface area contributed by atoms with E-state index in [4.69, 9.17) is 0 Å². The zero-order valence-electron chi connectivity index (χ0n) is 9.91. The van der Waals surface area contributed by atoms with Gasteiger partial charge in [-0.3, -0.25) is 14.6 Å². The Morgan fingerprint density at radius 3 is 2.78 bits per heavy atom. The molecule has 0 spiro atoms. The molecule has 98 valence electrons. The number of hydrogen-bond donors (Lipinski definition) is 4. The topological polar surface area (TPSA) is 107 Å². The predicted octanol–water partition coefficient (Wildman–Crippen LogP) is -1.06. The number of hydrogen-bond acceptors (Lipinski definition) is 4. The first kappa shape index (κ1) is 12.6. The highest BCUT2D eigenvalue weighted by Crippen LogP contribution is 2.18. The molecule has 1 heterocycles. The monoisotopic (exact) mass is 252 g/mol. The average molecular weight is 252 g/mol. The molecule has 1 amide bonds. The molecule has 0 unspecified atom stereocenters. The van der Waals surface area contributed by atoms with Crippen molar-refractivity contribution in [3.8, 4) is 0 Å². The predicted molar refractivity (Wildman–Crippen MR) is 65.7 cm³/mol. The summed E-state index contributed by atoms with van der Waals surface area (Å²) in [5.74, 6) is -0.473. The van der Waals surface area contributed by atoms with Crippen LogP contribution in [0.15, 0.2) is 15.8 Å². The number of amides is 1. The van der Waals surface area contributed by atoms with Gasteiger partial charge >= 0.3 is 5.69 Å². The largest absolute Gasteiger partial charge is 0.352 e. The van der Waals surface area contributed by atoms with Crippen LogP contribution in [-0.4, -0.2) is 35.0 Å². The lowest BCUT2D eigenvalue weighted by Gasteiger charge is -2.05. The van der Waals surface area contributed by atoms with E-state index in [2.05, 4.69) is 15.6 Å². The quantitative estimate of drug-likeness (QED) is 0.484. The van der Waals surface area contributed by atoms with E-state index >= 15 is 0 Å². The van der Waals surface area contributed by atoms with Gasteiger partial charge in [-0.25, -0.2) is 4.79 Å². The molecule has 0 aliphatic heterocycles. The van der Waals surface area contributed by atoms with Gasteiger partial charge < -0.3 is 15.6 Å². The van der Waals surface area contributed by atoms with Crippen molar-refractivity contribution in [2.24, 2.45) is 0 Å². The van der Waals surface area contributed by atoms with Crippen LogP contribution in [0, 0.1) is 0 Å². The fraction of sp³-hybridized carbons (Fsp3) is 0.545. The molecule has 1 fully saturated rings.